The van der Waals surface area contributed by atoms with E-state index < -0.39 is 0 Å². The van der Waals surface area contributed by atoms with Crippen LogP contribution in [0.4, 0.5) is 0 Å². The van der Waals surface area contributed by atoms with E-state index in [-0.39, 0.29) is 5.54 Å². The number of nitrogens with one attached hydrogen (secondary N) is 1. The molecule has 0 bridgehead atoms. The summed E-state index contributed by atoms with van der Waals surface area (Å²) in [6.07, 6.45) is 6.26. The van der Waals surface area contributed by atoms with E-state index in [1.807, 2.05) is 22.6 Å². The molecule has 1 N–H and O–H groups in total. The second-order valence-electron chi connectivity index (χ2n) is 4.87. The molecule has 0 aromatic carbocycles. The lowest BCUT2D eigenvalue weighted by atomic mass is 9.96. The SMILES string of the molecule is CCC1(CC)CSC(=NCCn2cc(C)cn2)N1. The zero-order valence-corrected chi connectivity index (χ0v) is 12.3. The first-order valence-electron chi connectivity index (χ1n) is 6.62. The van der Waals surface area contributed by atoms with Crippen molar-refractivity contribution in [3.8, 4) is 0 Å². The predicted molar refractivity (Wildman–Crippen MR) is 78.2 cm³/mol. The molecule has 1 aliphatic heterocycles. The van der Waals surface area contributed by atoms with Gasteiger partial charge in [-0.1, -0.05) is 25.6 Å². The standard InChI is InChI=1S/C13H22N4S/c1-4-13(5-2)10-18-12(16-13)14-6-7-17-9-11(3)8-15-17/h8-9H,4-7,10H2,1-3H3,(H,14,16). The van der Waals surface area contributed by atoms with Crippen LogP contribution in [0.3, 0.4) is 0 Å². The molecule has 0 amide bonds. The fraction of sp³-hybridized carbons (Fsp3) is 0.692. The van der Waals surface area contributed by atoms with Crippen molar-refractivity contribution in [2.75, 3.05) is 12.3 Å². The second kappa shape index (κ2) is 5.78. The van der Waals surface area contributed by atoms with Crippen molar-refractivity contribution in [1.29, 1.82) is 0 Å². The maximum Gasteiger partial charge on any atom is 0.157 e. The monoisotopic (exact) mass is 266 g/mol. The van der Waals surface area contributed by atoms with E-state index in [0.29, 0.717) is 0 Å². The summed E-state index contributed by atoms with van der Waals surface area (Å²) in [6, 6.07) is 0. The van der Waals surface area contributed by atoms with E-state index in [0.717, 1.165) is 36.9 Å². The summed E-state index contributed by atoms with van der Waals surface area (Å²) in [5.41, 5.74) is 1.47. The van der Waals surface area contributed by atoms with Crippen LogP contribution in [0.2, 0.25) is 0 Å². The van der Waals surface area contributed by atoms with Gasteiger partial charge in [0.25, 0.3) is 0 Å². The quantitative estimate of drug-likeness (QED) is 0.890. The van der Waals surface area contributed by atoms with Crippen molar-refractivity contribution in [3.63, 3.8) is 0 Å². The molecule has 0 saturated carbocycles. The van der Waals surface area contributed by atoms with E-state index in [1.54, 1.807) is 0 Å². The van der Waals surface area contributed by atoms with Gasteiger partial charge in [0.15, 0.2) is 5.17 Å². The molecule has 2 heterocycles. The van der Waals surface area contributed by atoms with Gasteiger partial charge in [-0.3, -0.25) is 9.67 Å². The highest BCUT2D eigenvalue weighted by atomic mass is 32.2. The minimum absolute atomic E-state index is 0.270. The average Bonchev–Trinajstić information content (AvgIpc) is 2.97. The minimum Gasteiger partial charge on any atom is -0.359 e. The van der Waals surface area contributed by atoms with Crippen molar-refractivity contribution >= 4 is 16.9 Å². The topological polar surface area (TPSA) is 42.2 Å². The van der Waals surface area contributed by atoms with Crippen LogP contribution in [0.5, 0.6) is 0 Å². The number of hydrogen-bond donors (Lipinski definition) is 1. The van der Waals surface area contributed by atoms with Crippen LogP contribution in [-0.4, -0.2) is 32.8 Å². The molecule has 0 aliphatic carbocycles. The zero-order chi connectivity index (χ0) is 13.0. The number of aliphatic imine (C=N–C) groups is 1. The van der Waals surface area contributed by atoms with Gasteiger partial charge >= 0.3 is 0 Å². The Kier molecular flexibility index (Phi) is 4.32. The Hall–Kier alpha value is -0.970. The highest BCUT2D eigenvalue weighted by Crippen LogP contribution is 2.28. The number of nitrogens with zero attached hydrogens (tertiary/aromatic N) is 3. The number of rotatable bonds is 5. The van der Waals surface area contributed by atoms with Crippen LogP contribution in [0.15, 0.2) is 17.4 Å². The van der Waals surface area contributed by atoms with Gasteiger partial charge in [-0.05, 0) is 25.3 Å². The third-order valence-corrected chi connectivity index (χ3v) is 4.76. The first-order chi connectivity index (χ1) is 8.67. The van der Waals surface area contributed by atoms with Crippen LogP contribution < -0.4 is 5.32 Å². The lowest BCUT2D eigenvalue weighted by Crippen LogP contribution is -2.42. The van der Waals surface area contributed by atoms with Gasteiger partial charge in [0.1, 0.15) is 0 Å². The largest absolute Gasteiger partial charge is 0.359 e. The Balaban J connectivity index is 1.84. The molecule has 1 aromatic rings. The molecule has 0 unspecified atom stereocenters. The van der Waals surface area contributed by atoms with Gasteiger partial charge in [-0.25, -0.2) is 0 Å². The third kappa shape index (κ3) is 3.07. The fourth-order valence-electron chi connectivity index (χ4n) is 2.06. The maximum absolute atomic E-state index is 4.63. The summed E-state index contributed by atoms with van der Waals surface area (Å²) in [6.45, 7) is 8.18. The summed E-state index contributed by atoms with van der Waals surface area (Å²) in [5.74, 6) is 1.14. The molecule has 4 nitrogen and oxygen atoms in total. The average molecular weight is 266 g/mol. The molecule has 0 spiro atoms. The van der Waals surface area contributed by atoms with Crippen molar-refractivity contribution in [3.05, 3.63) is 18.0 Å². The molecular weight excluding hydrogens is 244 g/mol. The number of hydrogen-bond acceptors (Lipinski definition) is 3. The van der Waals surface area contributed by atoms with Crippen LogP contribution in [0.1, 0.15) is 32.3 Å². The number of thioether (sulfide) groups is 1. The van der Waals surface area contributed by atoms with Gasteiger partial charge in [-0.15, -0.1) is 0 Å². The molecule has 0 radical (unpaired) electrons. The molecule has 18 heavy (non-hydrogen) atoms. The van der Waals surface area contributed by atoms with E-state index in [2.05, 4.69) is 42.4 Å². The van der Waals surface area contributed by atoms with E-state index in [4.69, 9.17) is 0 Å². The van der Waals surface area contributed by atoms with Crippen LogP contribution in [0, 0.1) is 6.92 Å². The second-order valence-corrected chi connectivity index (χ2v) is 5.83. The Bertz CT molecular complexity index is 420. The van der Waals surface area contributed by atoms with Crippen LogP contribution in [-0.2, 0) is 6.54 Å². The molecule has 1 aromatic heterocycles. The van der Waals surface area contributed by atoms with Gasteiger partial charge < -0.3 is 5.32 Å². The minimum atomic E-state index is 0.270. The van der Waals surface area contributed by atoms with Gasteiger partial charge in [0.2, 0.25) is 0 Å². The van der Waals surface area contributed by atoms with Gasteiger partial charge in [-0.2, -0.15) is 5.10 Å². The zero-order valence-electron chi connectivity index (χ0n) is 11.4. The Morgan fingerprint density at radius 2 is 2.28 bits per heavy atom. The van der Waals surface area contributed by atoms with E-state index in [9.17, 15) is 0 Å². The van der Waals surface area contributed by atoms with Gasteiger partial charge in [0, 0.05) is 17.5 Å². The van der Waals surface area contributed by atoms with Crippen molar-refractivity contribution in [1.82, 2.24) is 15.1 Å². The molecule has 1 fully saturated rings. The van der Waals surface area contributed by atoms with Crippen LogP contribution in [0.25, 0.3) is 0 Å². The normalized spacial score (nSPS) is 20.3. The smallest absolute Gasteiger partial charge is 0.157 e. The number of aromatic nitrogens is 2. The molecule has 2 rings (SSSR count). The Morgan fingerprint density at radius 3 is 2.83 bits per heavy atom. The molecule has 100 valence electrons. The Morgan fingerprint density at radius 1 is 1.50 bits per heavy atom. The van der Waals surface area contributed by atoms with E-state index >= 15 is 0 Å². The van der Waals surface area contributed by atoms with Gasteiger partial charge in [0.05, 0.1) is 19.3 Å². The Labute approximate surface area is 113 Å². The first-order valence-corrected chi connectivity index (χ1v) is 7.60. The third-order valence-electron chi connectivity index (χ3n) is 3.56. The molecule has 0 atom stereocenters. The van der Waals surface area contributed by atoms with Crippen molar-refractivity contribution in [2.45, 2.75) is 45.7 Å². The summed E-state index contributed by atoms with van der Waals surface area (Å²) in [7, 11) is 0. The highest BCUT2D eigenvalue weighted by molar-refractivity contribution is 8.14. The number of amidine groups is 1. The fourth-order valence-corrected chi connectivity index (χ4v) is 3.43. The van der Waals surface area contributed by atoms with Crippen molar-refractivity contribution < 1.29 is 0 Å². The molecular formula is C13H22N4S. The lowest BCUT2D eigenvalue weighted by Gasteiger charge is -2.25. The van der Waals surface area contributed by atoms with Crippen molar-refractivity contribution in [2.24, 2.45) is 4.99 Å². The van der Waals surface area contributed by atoms with E-state index in [1.165, 1.54) is 5.56 Å². The highest BCUT2D eigenvalue weighted by Gasteiger charge is 2.33. The maximum atomic E-state index is 4.63. The molecule has 1 aliphatic rings. The molecule has 1 saturated heterocycles. The summed E-state index contributed by atoms with van der Waals surface area (Å²) in [4.78, 5) is 4.63. The predicted octanol–water partition coefficient (Wildman–Crippen LogP) is 2.44. The first kappa shape index (κ1) is 13.5. The summed E-state index contributed by atoms with van der Waals surface area (Å²) < 4.78 is 1.95. The summed E-state index contributed by atoms with van der Waals surface area (Å²) in [5, 5.41) is 8.94. The van der Waals surface area contributed by atoms with Crippen LogP contribution >= 0.6 is 11.8 Å². The number of aryl methyl sites for hydroxylation is 1. The lowest BCUT2D eigenvalue weighted by molar-refractivity contribution is 0.407. The summed E-state index contributed by atoms with van der Waals surface area (Å²) >= 11 is 1.85. The molecule has 5 heteroatoms.